The quantitative estimate of drug-likeness (QED) is 0.729. The summed E-state index contributed by atoms with van der Waals surface area (Å²) in [6, 6.07) is 6.54. The van der Waals surface area contributed by atoms with Gasteiger partial charge in [-0.3, -0.25) is 4.57 Å². The molecule has 3 nitrogen and oxygen atoms in total. The summed E-state index contributed by atoms with van der Waals surface area (Å²) < 4.78 is 10.3. The minimum absolute atomic E-state index is 0.0580. The molecule has 1 N–H and O–H groups in total. The number of carboxylic acids is 1. The zero-order valence-corrected chi connectivity index (χ0v) is 7.12. The van der Waals surface area contributed by atoms with E-state index in [2.05, 4.69) is 0 Å². The van der Waals surface area contributed by atoms with Crippen LogP contribution in [0.2, 0.25) is 0 Å². The Balaban J connectivity index is 3.07. The standard InChI is InChI=1S/C8H7O3P/c9-8(10)7-4-2-1-3-6(7)5-12-11/h1-4H,5H2,(H,9,10). The van der Waals surface area contributed by atoms with Crippen LogP contribution in [-0.2, 0) is 10.7 Å². The number of hydrogen-bond donors (Lipinski definition) is 1. The zero-order valence-electron chi connectivity index (χ0n) is 6.23. The first-order chi connectivity index (χ1) is 5.75. The van der Waals surface area contributed by atoms with Crippen LogP contribution in [0.1, 0.15) is 15.9 Å². The van der Waals surface area contributed by atoms with Crippen molar-refractivity contribution in [2.24, 2.45) is 0 Å². The summed E-state index contributed by atoms with van der Waals surface area (Å²) in [7, 11) is -0.0580. The molecular formula is C8H7O3P. The molecular weight excluding hydrogens is 175 g/mol. The van der Waals surface area contributed by atoms with Crippen molar-refractivity contribution in [3.63, 3.8) is 0 Å². The van der Waals surface area contributed by atoms with Crippen molar-refractivity contribution in [2.75, 3.05) is 0 Å². The summed E-state index contributed by atoms with van der Waals surface area (Å²) in [5.74, 6) is -0.978. The SMILES string of the molecule is O=PCc1ccccc1C(=O)O. The maximum Gasteiger partial charge on any atom is 0.335 e. The Kier molecular flexibility index (Phi) is 2.94. The molecule has 0 fully saturated rings. The van der Waals surface area contributed by atoms with E-state index in [0.29, 0.717) is 5.56 Å². The molecule has 0 saturated carbocycles. The van der Waals surface area contributed by atoms with Gasteiger partial charge < -0.3 is 5.11 Å². The highest BCUT2D eigenvalue weighted by atomic mass is 31.1. The first kappa shape index (κ1) is 8.88. The van der Waals surface area contributed by atoms with Gasteiger partial charge in [-0.05, 0) is 11.6 Å². The minimum atomic E-state index is -0.978. The third-order valence-corrected chi connectivity index (χ3v) is 1.95. The Hall–Kier alpha value is -1.21. The lowest BCUT2D eigenvalue weighted by molar-refractivity contribution is 0.0696. The van der Waals surface area contributed by atoms with Crippen LogP contribution in [0.15, 0.2) is 24.3 Å². The maximum absolute atomic E-state index is 10.6. The van der Waals surface area contributed by atoms with Gasteiger partial charge in [0.15, 0.2) is 8.46 Å². The van der Waals surface area contributed by atoms with Crippen LogP contribution in [0.3, 0.4) is 0 Å². The Morgan fingerprint density at radius 1 is 1.42 bits per heavy atom. The van der Waals surface area contributed by atoms with E-state index in [0.717, 1.165) is 0 Å². The smallest absolute Gasteiger partial charge is 0.335 e. The van der Waals surface area contributed by atoms with E-state index >= 15 is 0 Å². The zero-order chi connectivity index (χ0) is 8.97. The van der Waals surface area contributed by atoms with Gasteiger partial charge in [-0.2, -0.15) is 0 Å². The van der Waals surface area contributed by atoms with Crippen LogP contribution in [-0.4, -0.2) is 11.1 Å². The lowest BCUT2D eigenvalue weighted by atomic mass is 10.1. The monoisotopic (exact) mass is 182 g/mol. The lowest BCUT2D eigenvalue weighted by Crippen LogP contribution is -1.99. The molecule has 1 aromatic rings. The summed E-state index contributed by atoms with van der Waals surface area (Å²) in [4.78, 5) is 10.6. The van der Waals surface area contributed by atoms with Gasteiger partial charge in [0.05, 0.1) is 11.7 Å². The summed E-state index contributed by atoms with van der Waals surface area (Å²) in [5.41, 5.74) is 0.822. The first-order valence-corrected chi connectivity index (χ1v) is 4.36. The molecule has 0 heterocycles. The van der Waals surface area contributed by atoms with Crippen molar-refractivity contribution in [2.45, 2.75) is 6.16 Å². The number of carboxylic acid groups (broad SMARTS) is 1. The van der Waals surface area contributed by atoms with E-state index in [9.17, 15) is 9.36 Å². The maximum atomic E-state index is 10.6. The van der Waals surface area contributed by atoms with E-state index in [1.165, 1.54) is 6.07 Å². The average molecular weight is 182 g/mol. The lowest BCUT2D eigenvalue weighted by Gasteiger charge is -1.99. The normalized spacial score (nSPS) is 10.0. The molecule has 0 bridgehead atoms. The molecule has 12 heavy (non-hydrogen) atoms. The van der Waals surface area contributed by atoms with E-state index in [1.54, 1.807) is 18.2 Å². The molecule has 0 amide bonds. The van der Waals surface area contributed by atoms with Crippen molar-refractivity contribution in [1.29, 1.82) is 0 Å². The van der Waals surface area contributed by atoms with E-state index in [-0.39, 0.29) is 20.2 Å². The number of aromatic carboxylic acids is 1. The van der Waals surface area contributed by atoms with Gasteiger partial charge >= 0.3 is 5.97 Å². The van der Waals surface area contributed by atoms with Crippen molar-refractivity contribution in [1.82, 2.24) is 0 Å². The molecule has 1 aromatic carbocycles. The largest absolute Gasteiger partial charge is 0.478 e. The summed E-state index contributed by atoms with van der Waals surface area (Å²) in [6.45, 7) is 0. The highest BCUT2D eigenvalue weighted by Crippen LogP contribution is 2.14. The van der Waals surface area contributed by atoms with Crippen LogP contribution in [0.25, 0.3) is 0 Å². The van der Waals surface area contributed by atoms with Crippen molar-refractivity contribution < 1.29 is 14.5 Å². The van der Waals surface area contributed by atoms with Crippen LogP contribution in [0.4, 0.5) is 0 Å². The first-order valence-electron chi connectivity index (χ1n) is 3.36. The molecule has 0 aliphatic carbocycles. The van der Waals surface area contributed by atoms with Gasteiger partial charge in [-0.15, -0.1) is 0 Å². The van der Waals surface area contributed by atoms with Crippen molar-refractivity contribution in [3.8, 4) is 0 Å². The second-order valence-electron chi connectivity index (χ2n) is 2.25. The van der Waals surface area contributed by atoms with E-state index < -0.39 is 5.97 Å². The molecule has 0 saturated heterocycles. The minimum Gasteiger partial charge on any atom is -0.478 e. The van der Waals surface area contributed by atoms with E-state index in [4.69, 9.17) is 5.11 Å². The predicted molar refractivity (Wildman–Crippen MR) is 44.7 cm³/mol. The average Bonchev–Trinajstić information content (AvgIpc) is 2.05. The molecule has 0 spiro atoms. The summed E-state index contributed by atoms with van der Waals surface area (Å²) in [6.07, 6.45) is 0.252. The highest BCUT2D eigenvalue weighted by molar-refractivity contribution is 7.22. The molecule has 0 radical (unpaired) electrons. The van der Waals surface area contributed by atoms with Crippen molar-refractivity contribution >= 4 is 14.4 Å². The van der Waals surface area contributed by atoms with Gasteiger partial charge in [0.1, 0.15) is 0 Å². The molecule has 0 aromatic heterocycles. The third kappa shape index (κ3) is 1.89. The Bertz CT molecular complexity index is 309. The molecule has 0 unspecified atom stereocenters. The molecule has 4 heteroatoms. The number of benzene rings is 1. The Labute approximate surface area is 71.2 Å². The highest BCUT2D eigenvalue weighted by Gasteiger charge is 2.07. The molecule has 62 valence electrons. The van der Waals surface area contributed by atoms with Gasteiger partial charge in [-0.1, -0.05) is 18.2 Å². The topological polar surface area (TPSA) is 54.4 Å². The van der Waals surface area contributed by atoms with E-state index in [1.807, 2.05) is 0 Å². The number of carbonyl (C=O) groups is 1. The Morgan fingerprint density at radius 3 is 2.67 bits per heavy atom. The van der Waals surface area contributed by atoms with Crippen LogP contribution >= 0.6 is 8.46 Å². The predicted octanol–water partition coefficient (Wildman–Crippen LogP) is 2.18. The van der Waals surface area contributed by atoms with Crippen LogP contribution in [0.5, 0.6) is 0 Å². The molecule has 0 aliphatic rings. The van der Waals surface area contributed by atoms with Crippen LogP contribution in [0, 0.1) is 0 Å². The fourth-order valence-corrected chi connectivity index (χ4v) is 1.35. The van der Waals surface area contributed by atoms with Gasteiger partial charge in [0.25, 0.3) is 0 Å². The fourth-order valence-electron chi connectivity index (χ4n) is 0.936. The summed E-state index contributed by atoms with van der Waals surface area (Å²) in [5, 5.41) is 8.69. The molecule has 0 aliphatic heterocycles. The molecule has 0 atom stereocenters. The van der Waals surface area contributed by atoms with Gasteiger partial charge in [0.2, 0.25) is 0 Å². The van der Waals surface area contributed by atoms with Crippen LogP contribution < -0.4 is 0 Å². The second kappa shape index (κ2) is 3.98. The van der Waals surface area contributed by atoms with Gasteiger partial charge in [0, 0.05) is 0 Å². The van der Waals surface area contributed by atoms with Crippen molar-refractivity contribution in [3.05, 3.63) is 35.4 Å². The Morgan fingerprint density at radius 2 is 2.08 bits per heavy atom. The fraction of sp³-hybridized carbons (Fsp3) is 0.125. The number of hydrogen-bond acceptors (Lipinski definition) is 2. The number of rotatable bonds is 3. The second-order valence-corrected chi connectivity index (χ2v) is 2.82. The summed E-state index contributed by atoms with van der Waals surface area (Å²) >= 11 is 0. The third-order valence-electron chi connectivity index (χ3n) is 1.48. The molecule has 1 rings (SSSR count). The van der Waals surface area contributed by atoms with Gasteiger partial charge in [-0.25, -0.2) is 4.79 Å².